The summed E-state index contributed by atoms with van der Waals surface area (Å²) in [6.45, 7) is 0. The Bertz CT molecular complexity index is 786. The van der Waals surface area contributed by atoms with Crippen LogP contribution in [0.4, 0.5) is 0 Å². The van der Waals surface area contributed by atoms with Crippen LogP contribution in [0.3, 0.4) is 0 Å². The first kappa shape index (κ1) is 13.2. The topological polar surface area (TPSA) is 17.8 Å². The third-order valence-corrected chi connectivity index (χ3v) is 3.66. The minimum Gasteiger partial charge on any atom is -0.328 e. The number of fused-ring (bicyclic) bond motifs is 1. The average molecular weight is 303 g/mol. The van der Waals surface area contributed by atoms with Crippen molar-refractivity contribution in [2.45, 2.75) is 0 Å². The van der Waals surface area contributed by atoms with Gasteiger partial charge in [0.15, 0.2) is 0 Å². The fourth-order valence-corrected chi connectivity index (χ4v) is 2.38. The number of aryl methyl sites for hydroxylation is 1. The highest BCUT2D eigenvalue weighted by Crippen LogP contribution is 2.20. The lowest BCUT2D eigenvalue weighted by Gasteiger charge is -1.97. The Hall–Kier alpha value is -1.77. The van der Waals surface area contributed by atoms with E-state index in [4.69, 9.17) is 23.2 Å². The van der Waals surface area contributed by atoms with E-state index < -0.39 is 0 Å². The first-order valence-electron chi connectivity index (χ1n) is 6.19. The van der Waals surface area contributed by atoms with Crippen LogP contribution >= 0.6 is 23.2 Å². The number of aromatic nitrogens is 2. The number of hydrogen-bond donors (Lipinski definition) is 0. The zero-order valence-corrected chi connectivity index (χ0v) is 12.4. The second-order valence-electron chi connectivity index (χ2n) is 4.55. The monoisotopic (exact) mass is 302 g/mol. The van der Waals surface area contributed by atoms with Crippen molar-refractivity contribution in [2.75, 3.05) is 0 Å². The summed E-state index contributed by atoms with van der Waals surface area (Å²) >= 11 is 11.9. The molecule has 0 aliphatic carbocycles. The van der Waals surface area contributed by atoms with Gasteiger partial charge in [-0.25, -0.2) is 4.98 Å². The van der Waals surface area contributed by atoms with Gasteiger partial charge in [0.05, 0.1) is 11.0 Å². The zero-order chi connectivity index (χ0) is 14.1. The van der Waals surface area contributed by atoms with Crippen molar-refractivity contribution in [3.8, 4) is 0 Å². The summed E-state index contributed by atoms with van der Waals surface area (Å²) in [6.07, 6.45) is 4.00. The molecule has 0 unspecified atom stereocenters. The van der Waals surface area contributed by atoms with Crippen molar-refractivity contribution in [1.82, 2.24) is 9.55 Å². The quantitative estimate of drug-likeness (QED) is 0.647. The molecule has 4 heteroatoms. The van der Waals surface area contributed by atoms with Gasteiger partial charge >= 0.3 is 0 Å². The van der Waals surface area contributed by atoms with Gasteiger partial charge in [-0.05, 0) is 42.0 Å². The molecule has 1 heterocycles. The van der Waals surface area contributed by atoms with E-state index in [2.05, 4.69) is 4.98 Å². The van der Waals surface area contributed by atoms with Gasteiger partial charge in [-0.2, -0.15) is 0 Å². The first-order chi connectivity index (χ1) is 9.63. The van der Waals surface area contributed by atoms with Crippen molar-refractivity contribution in [3.63, 3.8) is 0 Å². The number of benzene rings is 2. The summed E-state index contributed by atoms with van der Waals surface area (Å²) in [5.41, 5.74) is 3.04. The van der Waals surface area contributed by atoms with Gasteiger partial charge in [0.1, 0.15) is 5.82 Å². The molecule has 2 aromatic carbocycles. The van der Waals surface area contributed by atoms with Gasteiger partial charge in [0.2, 0.25) is 0 Å². The maximum atomic E-state index is 5.99. The maximum Gasteiger partial charge on any atom is 0.133 e. The highest BCUT2D eigenvalue weighted by Gasteiger charge is 2.05. The average Bonchev–Trinajstić information content (AvgIpc) is 2.74. The van der Waals surface area contributed by atoms with Crippen LogP contribution in [0.5, 0.6) is 0 Å². The highest BCUT2D eigenvalue weighted by molar-refractivity contribution is 6.31. The van der Waals surface area contributed by atoms with Gasteiger partial charge in [0, 0.05) is 17.1 Å². The molecule has 100 valence electrons. The second kappa shape index (κ2) is 5.31. The molecule has 1 aromatic heterocycles. The fraction of sp³-hybridized carbons (Fsp3) is 0.0625. The van der Waals surface area contributed by atoms with Crippen LogP contribution < -0.4 is 0 Å². The molecular weight excluding hydrogens is 291 g/mol. The molecule has 3 aromatic rings. The lowest BCUT2D eigenvalue weighted by Crippen LogP contribution is -1.90. The Balaban J connectivity index is 1.98. The van der Waals surface area contributed by atoms with E-state index in [0.29, 0.717) is 5.02 Å². The molecule has 0 saturated heterocycles. The van der Waals surface area contributed by atoms with Gasteiger partial charge in [-0.1, -0.05) is 41.4 Å². The van der Waals surface area contributed by atoms with E-state index in [0.717, 1.165) is 27.4 Å². The van der Waals surface area contributed by atoms with Gasteiger partial charge in [0.25, 0.3) is 0 Å². The van der Waals surface area contributed by atoms with Gasteiger partial charge in [-0.15, -0.1) is 0 Å². The standard InChI is InChI=1S/C16H12Cl2N2/c1-20-15-8-7-13(18)10-14(15)19-16(20)9-4-11-2-5-12(17)6-3-11/h2-10H,1H3. The van der Waals surface area contributed by atoms with E-state index in [1.165, 1.54) is 0 Å². The van der Waals surface area contributed by atoms with E-state index in [1.54, 1.807) is 0 Å². The normalized spacial score (nSPS) is 11.6. The van der Waals surface area contributed by atoms with Crippen LogP contribution in [0.15, 0.2) is 42.5 Å². The number of imidazole rings is 1. The Labute approximate surface area is 127 Å². The summed E-state index contributed by atoms with van der Waals surface area (Å²) in [4.78, 5) is 4.57. The molecule has 0 bridgehead atoms. The number of hydrogen-bond acceptors (Lipinski definition) is 1. The van der Waals surface area contributed by atoms with Crippen molar-refractivity contribution in [1.29, 1.82) is 0 Å². The molecule has 0 aliphatic heterocycles. The molecule has 0 spiro atoms. The summed E-state index contributed by atoms with van der Waals surface area (Å²) in [7, 11) is 1.99. The molecule has 0 atom stereocenters. The van der Waals surface area contributed by atoms with Gasteiger partial charge in [-0.3, -0.25) is 0 Å². The SMILES string of the molecule is Cn1c(C=Cc2ccc(Cl)cc2)nc2cc(Cl)ccc21. The molecular formula is C16H12Cl2N2. The number of halogens is 2. The largest absolute Gasteiger partial charge is 0.328 e. The summed E-state index contributed by atoms with van der Waals surface area (Å²) in [5, 5.41) is 1.43. The Kier molecular flexibility index (Phi) is 3.51. The van der Waals surface area contributed by atoms with E-state index in [-0.39, 0.29) is 0 Å². The Morgan fingerprint density at radius 2 is 1.65 bits per heavy atom. The Morgan fingerprint density at radius 3 is 2.40 bits per heavy atom. The summed E-state index contributed by atoms with van der Waals surface area (Å²) in [5.74, 6) is 0.886. The van der Waals surface area contributed by atoms with Crippen LogP contribution in [-0.2, 0) is 7.05 Å². The van der Waals surface area contributed by atoms with Crippen LogP contribution in [-0.4, -0.2) is 9.55 Å². The minimum absolute atomic E-state index is 0.698. The van der Waals surface area contributed by atoms with Crippen LogP contribution in [0.2, 0.25) is 10.0 Å². The van der Waals surface area contributed by atoms with Crippen molar-refractivity contribution >= 4 is 46.4 Å². The first-order valence-corrected chi connectivity index (χ1v) is 6.95. The van der Waals surface area contributed by atoms with Crippen LogP contribution in [0.25, 0.3) is 23.2 Å². The fourth-order valence-electron chi connectivity index (χ4n) is 2.09. The second-order valence-corrected chi connectivity index (χ2v) is 5.42. The molecule has 0 N–H and O–H groups in total. The third kappa shape index (κ3) is 2.58. The van der Waals surface area contributed by atoms with E-state index >= 15 is 0 Å². The van der Waals surface area contributed by atoms with Crippen LogP contribution in [0.1, 0.15) is 11.4 Å². The lowest BCUT2D eigenvalue weighted by molar-refractivity contribution is 0.930. The molecule has 0 radical (unpaired) electrons. The van der Waals surface area contributed by atoms with E-state index in [1.807, 2.05) is 66.2 Å². The molecule has 0 amide bonds. The zero-order valence-electron chi connectivity index (χ0n) is 10.8. The third-order valence-electron chi connectivity index (χ3n) is 3.17. The molecule has 2 nitrogen and oxygen atoms in total. The molecule has 3 rings (SSSR count). The van der Waals surface area contributed by atoms with Crippen molar-refractivity contribution < 1.29 is 0 Å². The van der Waals surface area contributed by atoms with E-state index in [9.17, 15) is 0 Å². The summed E-state index contributed by atoms with van der Waals surface area (Å²) < 4.78 is 2.04. The maximum absolute atomic E-state index is 5.99. The number of rotatable bonds is 2. The molecule has 0 fully saturated rings. The van der Waals surface area contributed by atoms with Crippen molar-refractivity contribution in [3.05, 3.63) is 63.9 Å². The lowest BCUT2D eigenvalue weighted by atomic mass is 10.2. The van der Waals surface area contributed by atoms with Crippen LogP contribution in [0, 0.1) is 0 Å². The smallest absolute Gasteiger partial charge is 0.133 e. The predicted octanol–water partition coefficient (Wildman–Crippen LogP) is 5.05. The summed E-state index contributed by atoms with van der Waals surface area (Å²) in [6, 6.07) is 13.4. The predicted molar refractivity (Wildman–Crippen MR) is 86.1 cm³/mol. The Morgan fingerprint density at radius 1 is 0.950 bits per heavy atom. The number of nitrogens with zero attached hydrogens (tertiary/aromatic N) is 2. The van der Waals surface area contributed by atoms with Gasteiger partial charge < -0.3 is 4.57 Å². The highest BCUT2D eigenvalue weighted by atomic mass is 35.5. The molecule has 20 heavy (non-hydrogen) atoms. The van der Waals surface area contributed by atoms with Crippen molar-refractivity contribution in [2.24, 2.45) is 7.05 Å². The molecule has 0 saturated carbocycles. The molecule has 0 aliphatic rings. The minimum atomic E-state index is 0.698.